The number of esters is 2. The summed E-state index contributed by atoms with van der Waals surface area (Å²) in [5, 5.41) is 3.24. The summed E-state index contributed by atoms with van der Waals surface area (Å²) in [6, 6.07) is 9.86. The molecule has 0 bridgehead atoms. The molecule has 1 heterocycles. The first-order valence-corrected chi connectivity index (χ1v) is 8.95. The molecule has 26 heavy (non-hydrogen) atoms. The molecule has 0 aliphatic carbocycles. The van der Waals surface area contributed by atoms with E-state index in [9.17, 15) is 14.4 Å². The van der Waals surface area contributed by atoms with Crippen molar-refractivity contribution in [3.8, 4) is 10.4 Å². The Morgan fingerprint density at radius 1 is 1.08 bits per heavy atom. The second-order valence-corrected chi connectivity index (χ2v) is 6.86. The Bertz CT molecular complexity index is 787. The molecule has 0 saturated carbocycles. The Kier molecular flexibility index (Phi) is 7.17. The van der Waals surface area contributed by atoms with Crippen molar-refractivity contribution in [3.05, 3.63) is 46.3 Å². The quantitative estimate of drug-likeness (QED) is 0.727. The molecular formula is C18H18ClNO5S. The van der Waals surface area contributed by atoms with E-state index in [2.05, 4.69) is 14.8 Å². The van der Waals surface area contributed by atoms with Crippen LogP contribution in [0.3, 0.4) is 0 Å². The first-order chi connectivity index (χ1) is 12.4. The van der Waals surface area contributed by atoms with Crippen molar-refractivity contribution in [1.29, 1.82) is 0 Å². The third-order valence-corrected chi connectivity index (χ3v) is 5.00. The van der Waals surface area contributed by atoms with Gasteiger partial charge in [-0.2, -0.15) is 0 Å². The van der Waals surface area contributed by atoms with Gasteiger partial charge in [0.05, 0.1) is 19.1 Å². The SMILES string of the molecule is COC(=O)CC[C@@H](NC(=O)c1ccc(-c2ccc(Cl)cc2)s1)C(=O)OC. The predicted molar refractivity (Wildman–Crippen MR) is 99.3 cm³/mol. The zero-order chi connectivity index (χ0) is 19.1. The average Bonchev–Trinajstić information content (AvgIpc) is 3.14. The molecule has 0 unspecified atom stereocenters. The molecule has 1 amide bonds. The summed E-state index contributed by atoms with van der Waals surface area (Å²) in [5.74, 6) is -1.48. The van der Waals surface area contributed by atoms with Gasteiger partial charge in [-0.05, 0) is 36.2 Å². The summed E-state index contributed by atoms with van der Waals surface area (Å²) >= 11 is 7.17. The molecule has 1 aromatic heterocycles. The third kappa shape index (κ3) is 5.31. The van der Waals surface area contributed by atoms with Gasteiger partial charge >= 0.3 is 11.9 Å². The van der Waals surface area contributed by atoms with E-state index in [1.165, 1.54) is 25.6 Å². The number of amides is 1. The summed E-state index contributed by atoms with van der Waals surface area (Å²) in [7, 11) is 2.49. The number of hydrogen-bond acceptors (Lipinski definition) is 6. The fourth-order valence-corrected chi connectivity index (χ4v) is 3.25. The highest BCUT2D eigenvalue weighted by molar-refractivity contribution is 7.17. The Morgan fingerprint density at radius 3 is 2.38 bits per heavy atom. The van der Waals surface area contributed by atoms with Crippen molar-refractivity contribution < 1.29 is 23.9 Å². The highest BCUT2D eigenvalue weighted by Gasteiger charge is 2.24. The van der Waals surface area contributed by atoms with Gasteiger partial charge in [0.25, 0.3) is 5.91 Å². The summed E-state index contributed by atoms with van der Waals surface area (Å²) < 4.78 is 9.24. The Morgan fingerprint density at radius 2 is 1.77 bits per heavy atom. The number of carbonyl (C=O) groups is 3. The maximum Gasteiger partial charge on any atom is 0.328 e. The Labute approximate surface area is 160 Å². The predicted octanol–water partition coefficient (Wildman–Crippen LogP) is 3.29. The van der Waals surface area contributed by atoms with Crippen molar-refractivity contribution in [2.24, 2.45) is 0 Å². The molecular weight excluding hydrogens is 378 g/mol. The van der Waals surface area contributed by atoms with Gasteiger partial charge in [-0.15, -0.1) is 11.3 Å². The van der Waals surface area contributed by atoms with Crippen LogP contribution in [0.25, 0.3) is 10.4 Å². The fraction of sp³-hybridized carbons (Fsp3) is 0.278. The van der Waals surface area contributed by atoms with Crippen molar-refractivity contribution in [3.63, 3.8) is 0 Å². The van der Waals surface area contributed by atoms with Gasteiger partial charge in [-0.3, -0.25) is 9.59 Å². The van der Waals surface area contributed by atoms with Crippen molar-refractivity contribution in [1.82, 2.24) is 5.32 Å². The first-order valence-electron chi connectivity index (χ1n) is 7.76. The van der Waals surface area contributed by atoms with Crippen LogP contribution < -0.4 is 5.32 Å². The molecule has 138 valence electrons. The van der Waals surface area contributed by atoms with Gasteiger partial charge in [0.2, 0.25) is 0 Å². The number of thiophene rings is 1. The molecule has 0 spiro atoms. The van der Waals surface area contributed by atoms with Crippen LogP contribution in [0.1, 0.15) is 22.5 Å². The first kappa shape index (κ1) is 19.9. The van der Waals surface area contributed by atoms with Crippen LogP contribution in [0.5, 0.6) is 0 Å². The Hall–Kier alpha value is -2.38. The van der Waals surface area contributed by atoms with Gasteiger partial charge < -0.3 is 14.8 Å². The molecule has 0 saturated heterocycles. The lowest BCUT2D eigenvalue weighted by Crippen LogP contribution is -2.41. The van der Waals surface area contributed by atoms with Gasteiger partial charge in [-0.25, -0.2) is 4.79 Å². The summed E-state index contributed by atoms with van der Waals surface area (Å²) in [6.45, 7) is 0. The van der Waals surface area contributed by atoms with E-state index in [1.807, 2.05) is 18.2 Å². The minimum absolute atomic E-state index is 0.00296. The topological polar surface area (TPSA) is 81.7 Å². The van der Waals surface area contributed by atoms with Crippen LogP contribution in [0.15, 0.2) is 36.4 Å². The lowest BCUT2D eigenvalue weighted by Gasteiger charge is -2.15. The number of ether oxygens (including phenoxy) is 2. The minimum Gasteiger partial charge on any atom is -0.469 e. The lowest BCUT2D eigenvalue weighted by molar-refractivity contribution is -0.144. The zero-order valence-corrected chi connectivity index (χ0v) is 15.9. The van der Waals surface area contributed by atoms with Crippen LogP contribution in [0.4, 0.5) is 0 Å². The van der Waals surface area contributed by atoms with E-state index in [4.69, 9.17) is 11.6 Å². The van der Waals surface area contributed by atoms with Crippen LogP contribution in [-0.2, 0) is 19.1 Å². The van der Waals surface area contributed by atoms with Crippen molar-refractivity contribution in [2.45, 2.75) is 18.9 Å². The number of rotatable bonds is 7. The molecule has 0 aliphatic rings. The number of methoxy groups -OCH3 is 2. The zero-order valence-electron chi connectivity index (χ0n) is 14.3. The van der Waals surface area contributed by atoms with Crippen molar-refractivity contribution in [2.75, 3.05) is 14.2 Å². The van der Waals surface area contributed by atoms with E-state index >= 15 is 0 Å². The fourth-order valence-electron chi connectivity index (χ4n) is 2.21. The molecule has 0 radical (unpaired) electrons. The number of hydrogen-bond donors (Lipinski definition) is 1. The van der Waals surface area contributed by atoms with Gasteiger partial charge in [0, 0.05) is 16.3 Å². The van der Waals surface area contributed by atoms with Crippen LogP contribution in [0.2, 0.25) is 5.02 Å². The Balaban J connectivity index is 2.07. The molecule has 0 aliphatic heterocycles. The number of benzene rings is 1. The molecule has 1 N–H and O–H groups in total. The van der Waals surface area contributed by atoms with E-state index in [0.717, 1.165) is 10.4 Å². The van der Waals surface area contributed by atoms with Crippen LogP contribution in [0, 0.1) is 0 Å². The summed E-state index contributed by atoms with van der Waals surface area (Å²) in [5.41, 5.74) is 0.939. The largest absolute Gasteiger partial charge is 0.469 e. The van der Waals surface area contributed by atoms with Crippen LogP contribution in [-0.4, -0.2) is 38.1 Å². The normalized spacial score (nSPS) is 11.5. The molecule has 2 aromatic rings. The molecule has 8 heteroatoms. The summed E-state index contributed by atoms with van der Waals surface area (Å²) in [4.78, 5) is 36.9. The maximum absolute atomic E-state index is 12.4. The van der Waals surface area contributed by atoms with Gasteiger partial charge in [-0.1, -0.05) is 23.7 Å². The van der Waals surface area contributed by atoms with Crippen molar-refractivity contribution >= 4 is 40.8 Å². The monoisotopic (exact) mass is 395 g/mol. The van der Waals surface area contributed by atoms with E-state index in [0.29, 0.717) is 9.90 Å². The lowest BCUT2D eigenvalue weighted by atomic mass is 10.1. The van der Waals surface area contributed by atoms with Crippen LogP contribution >= 0.6 is 22.9 Å². The average molecular weight is 396 g/mol. The van der Waals surface area contributed by atoms with Gasteiger partial charge in [0.1, 0.15) is 6.04 Å². The molecule has 0 fully saturated rings. The number of halogens is 1. The maximum atomic E-state index is 12.4. The highest BCUT2D eigenvalue weighted by atomic mass is 35.5. The third-order valence-electron chi connectivity index (χ3n) is 3.61. The second-order valence-electron chi connectivity index (χ2n) is 5.33. The van der Waals surface area contributed by atoms with Gasteiger partial charge in [0.15, 0.2) is 0 Å². The number of carbonyl (C=O) groups excluding carboxylic acids is 3. The standard InChI is InChI=1S/C18H18ClNO5S/c1-24-16(21)10-7-13(18(23)25-2)20-17(22)15-9-8-14(26-15)11-3-5-12(19)6-4-11/h3-6,8-9,13H,7,10H2,1-2H3,(H,20,22)/t13-/m1/s1. The number of nitrogens with one attached hydrogen (secondary N) is 1. The van der Waals surface area contributed by atoms with E-state index < -0.39 is 23.9 Å². The molecule has 1 atom stereocenters. The molecule has 6 nitrogen and oxygen atoms in total. The van der Waals surface area contributed by atoms with E-state index in [1.54, 1.807) is 18.2 Å². The smallest absolute Gasteiger partial charge is 0.328 e. The minimum atomic E-state index is -0.923. The molecule has 2 rings (SSSR count). The molecule has 1 aromatic carbocycles. The second kappa shape index (κ2) is 9.35. The highest BCUT2D eigenvalue weighted by Crippen LogP contribution is 2.29. The summed E-state index contributed by atoms with van der Waals surface area (Å²) in [6.07, 6.45) is 0.0948. The van der Waals surface area contributed by atoms with E-state index in [-0.39, 0.29) is 12.8 Å².